The molecule has 0 spiro atoms. The molecular weight excluding hydrogens is 330 g/mol. The van der Waals surface area contributed by atoms with Gasteiger partial charge in [-0.15, -0.1) is 0 Å². The number of nitrogens with one attached hydrogen (secondary N) is 2. The first-order chi connectivity index (χ1) is 12.5. The lowest BCUT2D eigenvalue weighted by molar-refractivity contribution is -0.121. The Hall–Kier alpha value is -3.02. The molecule has 2 N–H and O–H groups in total. The second-order valence-electron chi connectivity index (χ2n) is 5.92. The van der Waals surface area contributed by atoms with Gasteiger partial charge in [0, 0.05) is 17.3 Å². The minimum atomic E-state index is -0.426. The Balaban J connectivity index is 2.06. The summed E-state index contributed by atoms with van der Waals surface area (Å²) in [5.41, 5.74) is 6.03. The third kappa shape index (κ3) is 4.75. The van der Waals surface area contributed by atoms with E-state index in [-0.39, 0.29) is 5.91 Å². The van der Waals surface area contributed by atoms with Gasteiger partial charge in [0.05, 0.1) is 19.9 Å². The van der Waals surface area contributed by atoms with Crippen LogP contribution >= 0.6 is 0 Å². The maximum absolute atomic E-state index is 12.3. The molecule has 1 amide bonds. The lowest BCUT2D eigenvalue weighted by Gasteiger charge is -2.16. The number of methoxy groups -OCH3 is 2. The van der Waals surface area contributed by atoms with Crippen LogP contribution in [0.2, 0.25) is 0 Å². The van der Waals surface area contributed by atoms with Crippen LogP contribution in [0.15, 0.2) is 47.6 Å². The first-order valence-corrected chi connectivity index (χ1v) is 8.35. The number of anilines is 1. The zero-order valence-electron chi connectivity index (χ0n) is 15.8. The highest BCUT2D eigenvalue weighted by atomic mass is 16.5. The maximum atomic E-state index is 12.3. The molecule has 6 nitrogen and oxygen atoms in total. The van der Waals surface area contributed by atoms with Crippen molar-refractivity contribution in [2.45, 2.75) is 26.8 Å². The molecule has 0 saturated heterocycles. The van der Waals surface area contributed by atoms with Crippen molar-refractivity contribution in [1.29, 1.82) is 0 Å². The van der Waals surface area contributed by atoms with Crippen molar-refractivity contribution in [1.82, 2.24) is 5.43 Å². The molecule has 6 heteroatoms. The van der Waals surface area contributed by atoms with Crippen LogP contribution in [-0.2, 0) is 4.79 Å². The van der Waals surface area contributed by atoms with Crippen molar-refractivity contribution in [3.8, 4) is 11.5 Å². The molecule has 2 rings (SSSR count). The summed E-state index contributed by atoms with van der Waals surface area (Å²) in [6, 6.07) is 12.8. The van der Waals surface area contributed by atoms with Crippen LogP contribution in [0.25, 0.3) is 0 Å². The molecule has 0 aliphatic heterocycles. The van der Waals surface area contributed by atoms with Gasteiger partial charge in [0.2, 0.25) is 0 Å². The van der Waals surface area contributed by atoms with Gasteiger partial charge in [-0.05, 0) is 44.5 Å². The Bertz CT molecular complexity index is 803. The van der Waals surface area contributed by atoms with Gasteiger partial charge in [-0.1, -0.05) is 18.2 Å². The molecule has 0 bridgehead atoms. The molecule has 2 aromatic carbocycles. The minimum Gasteiger partial charge on any atom is -0.497 e. The predicted octanol–water partition coefficient (Wildman–Crippen LogP) is 3.35. The standard InChI is InChI=1S/C20H25N3O3/c1-13-8-6-7-9-18(13)21-15(3)20(24)23-22-14(2)17-11-10-16(25-4)12-19(17)26-5/h6-12,15,21H,1-5H3,(H,23,24)/t15-/m0/s1. The smallest absolute Gasteiger partial charge is 0.262 e. The normalized spacial score (nSPS) is 12.3. The van der Waals surface area contributed by atoms with Gasteiger partial charge in [-0.2, -0.15) is 5.10 Å². The predicted molar refractivity (Wildman–Crippen MR) is 104 cm³/mol. The van der Waals surface area contributed by atoms with E-state index in [1.165, 1.54) is 0 Å². The fraction of sp³-hybridized carbons (Fsp3) is 0.300. The average Bonchev–Trinajstić information content (AvgIpc) is 2.66. The number of carbonyl (C=O) groups excluding carboxylic acids is 1. The van der Waals surface area contributed by atoms with Crippen LogP contribution in [0.3, 0.4) is 0 Å². The van der Waals surface area contributed by atoms with Gasteiger partial charge in [0.1, 0.15) is 17.5 Å². The minimum absolute atomic E-state index is 0.222. The molecule has 0 aromatic heterocycles. The van der Waals surface area contributed by atoms with Crippen LogP contribution in [-0.4, -0.2) is 31.9 Å². The van der Waals surface area contributed by atoms with Crippen molar-refractivity contribution in [3.05, 3.63) is 53.6 Å². The lowest BCUT2D eigenvalue weighted by Crippen LogP contribution is -2.35. The summed E-state index contributed by atoms with van der Waals surface area (Å²) in [6.45, 7) is 5.59. The highest BCUT2D eigenvalue weighted by molar-refractivity contribution is 6.02. The van der Waals surface area contributed by atoms with E-state index in [4.69, 9.17) is 9.47 Å². The fourth-order valence-electron chi connectivity index (χ4n) is 2.43. The number of ether oxygens (including phenoxy) is 2. The average molecular weight is 355 g/mol. The van der Waals surface area contributed by atoms with Gasteiger partial charge in [-0.25, -0.2) is 5.43 Å². The van der Waals surface area contributed by atoms with E-state index in [0.29, 0.717) is 17.2 Å². The summed E-state index contributed by atoms with van der Waals surface area (Å²) in [6.07, 6.45) is 0. The van der Waals surface area contributed by atoms with Crippen molar-refractivity contribution >= 4 is 17.3 Å². The van der Waals surface area contributed by atoms with E-state index >= 15 is 0 Å². The van der Waals surface area contributed by atoms with Gasteiger partial charge < -0.3 is 14.8 Å². The summed E-state index contributed by atoms with van der Waals surface area (Å²) >= 11 is 0. The van der Waals surface area contributed by atoms with Crippen LogP contribution in [0, 0.1) is 6.92 Å². The van der Waals surface area contributed by atoms with Crippen molar-refractivity contribution in [2.24, 2.45) is 5.10 Å². The molecular formula is C20H25N3O3. The number of carbonyl (C=O) groups is 1. The maximum Gasteiger partial charge on any atom is 0.262 e. The zero-order valence-corrected chi connectivity index (χ0v) is 15.8. The number of hydrazone groups is 1. The number of rotatable bonds is 7. The Labute approximate surface area is 154 Å². The summed E-state index contributed by atoms with van der Waals surface area (Å²) in [7, 11) is 3.18. The fourth-order valence-corrected chi connectivity index (χ4v) is 2.43. The number of hydrogen-bond acceptors (Lipinski definition) is 5. The molecule has 0 heterocycles. The van der Waals surface area contributed by atoms with Gasteiger partial charge in [-0.3, -0.25) is 4.79 Å². The quantitative estimate of drug-likeness (QED) is 0.590. The number of nitrogens with zero attached hydrogens (tertiary/aromatic N) is 1. The van der Waals surface area contributed by atoms with E-state index in [0.717, 1.165) is 16.8 Å². The molecule has 2 aromatic rings. The highest BCUT2D eigenvalue weighted by Gasteiger charge is 2.14. The number of para-hydroxylation sites is 1. The van der Waals surface area contributed by atoms with E-state index in [1.54, 1.807) is 27.2 Å². The van der Waals surface area contributed by atoms with Crippen LogP contribution in [0.1, 0.15) is 25.0 Å². The number of hydrogen-bond donors (Lipinski definition) is 2. The van der Waals surface area contributed by atoms with Crippen LogP contribution in [0.4, 0.5) is 5.69 Å². The molecule has 138 valence electrons. The van der Waals surface area contributed by atoms with E-state index in [1.807, 2.05) is 50.2 Å². The second-order valence-corrected chi connectivity index (χ2v) is 5.92. The van der Waals surface area contributed by atoms with E-state index in [2.05, 4.69) is 15.8 Å². The molecule has 0 aliphatic rings. The van der Waals surface area contributed by atoms with Crippen molar-refractivity contribution in [3.63, 3.8) is 0 Å². The summed E-state index contributed by atoms with van der Waals surface area (Å²) < 4.78 is 10.6. The van der Waals surface area contributed by atoms with Gasteiger partial charge in [0.25, 0.3) is 5.91 Å². The third-order valence-corrected chi connectivity index (χ3v) is 4.04. The molecule has 0 radical (unpaired) electrons. The molecule has 26 heavy (non-hydrogen) atoms. The monoisotopic (exact) mass is 355 g/mol. The number of benzene rings is 2. The number of amides is 1. The molecule has 0 aliphatic carbocycles. The SMILES string of the molecule is COc1ccc(C(C)=NNC(=O)[C@H](C)Nc2ccccc2C)c(OC)c1. The second kappa shape index (κ2) is 8.89. The van der Waals surface area contributed by atoms with Crippen LogP contribution in [0.5, 0.6) is 11.5 Å². The van der Waals surface area contributed by atoms with E-state index < -0.39 is 6.04 Å². The summed E-state index contributed by atoms with van der Waals surface area (Å²) in [4.78, 5) is 12.3. The van der Waals surface area contributed by atoms with E-state index in [9.17, 15) is 4.79 Å². The Kier molecular flexibility index (Phi) is 6.60. The zero-order chi connectivity index (χ0) is 19.1. The molecule has 1 atom stereocenters. The molecule has 0 fully saturated rings. The number of aryl methyl sites for hydroxylation is 1. The van der Waals surface area contributed by atoms with Crippen LogP contribution < -0.4 is 20.2 Å². The van der Waals surface area contributed by atoms with Crippen molar-refractivity contribution in [2.75, 3.05) is 19.5 Å². The Morgan fingerprint density at radius 2 is 1.85 bits per heavy atom. The first kappa shape index (κ1) is 19.3. The van der Waals surface area contributed by atoms with Gasteiger partial charge >= 0.3 is 0 Å². The first-order valence-electron chi connectivity index (χ1n) is 8.35. The van der Waals surface area contributed by atoms with Crippen molar-refractivity contribution < 1.29 is 14.3 Å². The molecule has 0 unspecified atom stereocenters. The Morgan fingerprint density at radius 3 is 2.50 bits per heavy atom. The largest absolute Gasteiger partial charge is 0.497 e. The lowest BCUT2D eigenvalue weighted by atomic mass is 10.1. The Morgan fingerprint density at radius 1 is 1.12 bits per heavy atom. The summed E-state index contributed by atoms with van der Waals surface area (Å²) in [5.74, 6) is 1.10. The highest BCUT2D eigenvalue weighted by Crippen LogP contribution is 2.25. The molecule has 0 saturated carbocycles. The summed E-state index contributed by atoms with van der Waals surface area (Å²) in [5, 5.41) is 7.39. The topological polar surface area (TPSA) is 72.0 Å². The third-order valence-electron chi connectivity index (χ3n) is 4.04. The van der Waals surface area contributed by atoms with Gasteiger partial charge in [0.15, 0.2) is 0 Å².